The zero-order valence-corrected chi connectivity index (χ0v) is 64.3. The van der Waals surface area contributed by atoms with Gasteiger partial charge in [0.05, 0.1) is 26.4 Å². The number of aliphatic hydroxyl groups excluding tert-OH is 1. The van der Waals surface area contributed by atoms with E-state index in [1.807, 2.05) is 0 Å². The Morgan fingerprint density at radius 2 is 0.479 bits per heavy atom. The third-order valence-corrected chi connectivity index (χ3v) is 19.9. The van der Waals surface area contributed by atoms with Crippen LogP contribution in [0.2, 0.25) is 0 Å². The number of esters is 4. The second kappa shape index (κ2) is 70.1. The van der Waals surface area contributed by atoms with Crippen molar-refractivity contribution in [2.75, 3.05) is 39.6 Å². The van der Waals surface area contributed by atoms with Crippen LogP contribution in [0.25, 0.3) is 0 Å². The molecule has 0 saturated heterocycles. The molecule has 570 valence electrons. The summed E-state index contributed by atoms with van der Waals surface area (Å²) < 4.78 is 68.3. The summed E-state index contributed by atoms with van der Waals surface area (Å²) in [5.74, 6) is -1.41. The Balaban J connectivity index is 5.10. The van der Waals surface area contributed by atoms with Crippen LogP contribution in [0.5, 0.6) is 0 Å². The molecule has 0 aromatic heterocycles. The van der Waals surface area contributed by atoms with Crippen LogP contribution in [-0.4, -0.2) is 96.7 Å². The number of carbonyl (C=O) groups excluding carboxylic acids is 4. The van der Waals surface area contributed by atoms with Crippen LogP contribution in [0.15, 0.2) is 0 Å². The summed E-state index contributed by atoms with van der Waals surface area (Å²) in [4.78, 5) is 72.5. The van der Waals surface area contributed by atoms with Crippen LogP contribution in [-0.2, 0) is 65.4 Å². The molecule has 0 fully saturated rings. The standard InChI is InChI=1S/C77H150O17P2/c1-6-9-12-15-17-19-21-23-25-27-29-30-31-32-34-36-38-40-42-47-52-57-62-76(81)94-73(67-88-75(80)61-56-51-46-41-39-37-35-33-28-26-24-22-20-18-16-13-10-7-2)69-92-96(85,86)90-65-71(78)64-89-95(83,84)91-68-72(66-87-74(79)60-55-49-14-11-8-3)93-77(82)63-58-53-48-44-43-45-50-54-59-70(4)5/h70-73,78H,6-69H2,1-5H3,(H,83,84)(H,85,86)/t71-,72+,73+/m0/s1. The lowest BCUT2D eigenvalue weighted by Gasteiger charge is -2.21. The molecule has 0 spiro atoms. The van der Waals surface area contributed by atoms with Crippen molar-refractivity contribution < 1.29 is 80.2 Å². The maximum absolute atomic E-state index is 13.1. The van der Waals surface area contributed by atoms with Gasteiger partial charge in [0, 0.05) is 25.7 Å². The molecule has 0 bridgehead atoms. The van der Waals surface area contributed by atoms with Gasteiger partial charge in [0.1, 0.15) is 19.3 Å². The smallest absolute Gasteiger partial charge is 0.462 e. The molecule has 0 aromatic rings. The Labute approximate surface area is 588 Å². The topological polar surface area (TPSA) is 237 Å². The van der Waals surface area contributed by atoms with E-state index < -0.39 is 97.5 Å². The van der Waals surface area contributed by atoms with Gasteiger partial charge in [-0.3, -0.25) is 37.3 Å². The van der Waals surface area contributed by atoms with E-state index in [1.54, 1.807) is 0 Å². The fraction of sp³-hybridized carbons (Fsp3) is 0.948. The molecule has 0 amide bonds. The van der Waals surface area contributed by atoms with E-state index >= 15 is 0 Å². The van der Waals surface area contributed by atoms with Crippen molar-refractivity contribution in [1.29, 1.82) is 0 Å². The summed E-state index contributed by atoms with van der Waals surface area (Å²) in [5.41, 5.74) is 0. The van der Waals surface area contributed by atoms with Crippen LogP contribution >= 0.6 is 15.6 Å². The van der Waals surface area contributed by atoms with E-state index in [0.717, 1.165) is 102 Å². The summed E-state index contributed by atoms with van der Waals surface area (Å²) in [6, 6.07) is 0. The average molecular weight is 1410 g/mol. The molecule has 0 radical (unpaired) electrons. The predicted octanol–water partition coefficient (Wildman–Crippen LogP) is 22.9. The van der Waals surface area contributed by atoms with Gasteiger partial charge in [-0.15, -0.1) is 0 Å². The molecule has 0 aliphatic carbocycles. The van der Waals surface area contributed by atoms with E-state index in [1.165, 1.54) is 225 Å². The molecule has 0 rings (SSSR count). The second-order valence-corrected chi connectivity index (χ2v) is 31.1. The molecular formula is C77H150O17P2. The van der Waals surface area contributed by atoms with E-state index in [9.17, 15) is 43.2 Å². The Morgan fingerprint density at radius 3 is 0.708 bits per heavy atom. The van der Waals surface area contributed by atoms with E-state index in [-0.39, 0.29) is 25.7 Å². The molecular weight excluding hydrogens is 1260 g/mol. The van der Waals surface area contributed by atoms with E-state index in [2.05, 4.69) is 34.6 Å². The van der Waals surface area contributed by atoms with Gasteiger partial charge in [-0.25, -0.2) is 9.13 Å². The summed E-state index contributed by atoms with van der Waals surface area (Å²) in [6.45, 7) is 7.16. The molecule has 0 aliphatic heterocycles. The quantitative estimate of drug-likeness (QED) is 0.0222. The maximum Gasteiger partial charge on any atom is 0.472 e. The van der Waals surface area contributed by atoms with E-state index in [0.29, 0.717) is 25.7 Å². The van der Waals surface area contributed by atoms with Gasteiger partial charge in [-0.05, 0) is 31.6 Å². The highest BCUT2D eigenvalue weighted by atomic mass is 31.2. The van der Waals surface area contributed by atoms with Gasteiger partial charge < -0.3 is 33.8 Å². The highest BCUT2D eigenvalue weighted by molar-refractivity contribution is 7.47. The van der Waals surface area contributed by atoms with Crippen molar-refractivity contribution in [3.8, 4) is 0 Å². The fourth-order valence-corrected chi connectivity index (χ4v) is 13.5. The number of phosphoric acid groups is 2. The Morgan fingerprint density at radius 1 is 0.281 bits per heavy atom. The van der Waals surface area contributed by atoms with Crippen molar-refractivity contribution in [2.24, 2.45) is 5.92 Å². The van der Waals surface area contributed by atoms with Gasteiger partial charge in [-0.1, -0.05) is 356 Å². The van der Waals surface area contributed by atoms with Gasteiger partial charge in [0.15, 0.2) is 12.2 Å². The number of unbranched alkanes of at least 4 members (excludes halogenated alkanes) is 49. The van der Waals surface area contributed by atoms with E-state index in [4.69, 9.17) is 37.0 Å². The molecule has 96 heavy (non-hydrogen) atoms. The van der Waals surface area contributed by atoms with Crippen molar-refractivity contribution >= 4 is 39.5 Å². The third kappa shape index (κ3) is 70.5. The summed E-state index contributed by atoms with van der Waals surface area (Å²) in [6.07, 6.45) is 60.4. The number of ether oxygens (including phenoxy) is 4. The minimum Gasteiger partial charge on any atom is -0.462 e. The number of rotatable bonds is 77. The predicted molar refractivity (Wildman–Crippen MR) is 391 cm³/mol. The summed E-state index contributed by atoms with van der Waals surface area (Å²) in [5, 5.41) is 10.6. The zero-order valence-electron chi connectivity index (χ0n) is 62.5. The first-order chi connectivity index (χ1) is 46.5. The lowest BCUT2D eigenvalue weighted by molar-refractivity contribution is -0.161. The molecule has 3 N–H and O–H groups in total. The highest BCUT2D eigenvalue weighted by Gasteiger charge is 2.30. The molecule has 17 nitrogen and oxygen atoms in total. The monoisotopic (exact) mass is 1410 g/mol. The lowest BCUT2D eigenvalue weighted by atomic mass is 10.0. The molecule has 2 unspecified atom stereocenters. The van der Waals surface area contributed by atoms with Gasteiger partial charge in [-0.2, -0.15) is 0 Å². The Hall–Kier alpha value is -1.94. The minimum atomic E-state index is -4.96. The fourth-order valence-electron chi connectivity index (χ4n) is 11.9. The highest BCUT2D eigenvalue weighted by Crippen LogP contribution is 2.45. The van der Waals surface area contributed by atoms with Gasteiger partial charge in [0.2, 0.25) is 0 Å². The summed E-state index contributed by atoms with van der Waals surface area (Å²) >= 11 is 0. The molecule has 19 heteroatoms. The molecule has 5 atom stereocenters. The lowest BCUT2D eigenvalue weighted by Crippen LogP contribution is -2.30. The SMILES string of the molecule is CCCCCCCCCCCCCCCCCCCCCCCCC(=O)O[C@H](COC(=O)CCCCCCCCCCCCCCCCCCCC)COP(=O)(O)OC[C@@H](O)COP(=O)(O)OC[C@@H](COC(=O)CCCCCCC)OC(=O)CCCCCCCCCCC(C)C. The van der Waals surface area contributed by atoms with Crippen LogP contribution in [0.1, 0.15) is 407 Å². The second-order valence-electron chi connectivity index (χ2n) is 28.2. The molecule has 0 saturated carbocycles. The third-order valence-electron chi connectivity index (χ3n) is 18.0. The van der Waals surface area contributed by atoms with Crippen LogP contribution in [0, 0.1) is 5.92 Å². The number of phosphoric ester groups is 2. The van der Waals surface area contributed by atoms with Crippen LogP contribution in [0.3, 0.4) is 0 Å². The van der Waals surface area contributed by atoms with Gasteiger partial charge >= 0.3 is 39.5 Å². The first kappa shape index (κ1) is 94.1. The first-order valence-electron chi connectivity index (χ1n) is 40.1. The Kier molecular flexibility index (Phi) is 68.7. The van der Waals surface area contributed by atoms with Crippen LogP contribution in [0.4, 0.5) is 0 Å². The number of hydrogen-bond acceptors (Lipinski definition) is 15. The zero-order chi connectivity index (χ0) is 70.5. The number of carbonyl (C=O) groups is 4. The maximum atomic E-state index is 13.1. The van der Waals surface area contributed by atoms with Crippen molar-refractivity contribution in [1.82, 2.24) is 0 Å². The Bertz CT molecular complexity index is 1840. The first-order valence-corrected chi connectivity index (χ1v) is 43.1. The van der Waals surface area contributed by atoms with Crippen molar-refractivity contribution in [2.45, 2.75) is 425 Å². The molecule has 0 aromatic carbocycles. The van der Waals surface area contributed by atoms with Crippen molar-refractivity contribution in [3.05, 3.63) is 0 Å². The summed E-state index contributed by atoms with van der Waals surface area (Å²) in [7, 11) is -9.90. The minimum absolute atomic E-state index is 0.104. The largest absolute Gasteiger partial charge is 0.472 e. The molecule has 0 aliphatic rings. The molecule has 0 heterocycles. The normalized spacial score (nSPS) is 13.9. The van der Waals surface area contributed by atoms with Gasteiger partial charge in [0.25, 0.3) is 0 Å². The number of aliphatic hydroxyl groups is 1. The number of hydrogen-bond donors (Lipinski definition) is 3. The average Bonchev–Trinajstić information content (AvgIpc) is 1.15. The van der Waals surface area contributed by atoms with Crippen molar-refractivity contribution in [3.63, 3.8) is 0 Å². The van der Waals surface area contributed by atoms with Crippen LogP contribution < -0.4 is 0 Å².